The molecule has 3 heteroatoms. The molecule has 2 unspecified atom stereocenters. The van der Waals surface area contributed by atoms with Gasteiger partial charge in [-0.2, -0.15) is 10.2 Å². The van der Waals surface area contributed by atoms with Gasteiger partial charge in [-0.3, -0.25) is 0 Å². The fraction of sp³-hybridized carbons (Fsp3) is 0.500. The summed E-state index contributed by atoms with van der Waals surface area (Å²) in [5, 5.41) is 9.53. The number of hydrogen-bond donors (Lipinski definition) is 0. The minimum absolute atomic E-state index is 0.198. The molecule has 15 heavy (non-hydrogen) atoms. The third-order valence-electron chi connectivity index (χ3n) is 3.25. The molecule has 1 saturated carbocycles. The first-order valence-electron chi connectivity index (χ1n) is 5.49. The topological polar surface area (TPSA) is 24.7 Å². The van der Waals surface area contributed by atoms with E-state index >= 15 is 0 Å². The SMILES string of the molecule is Clc1ccccc1C1CC(C2CC2)N=N1. The molecule has 0 amide bonds. The maximum absolute atomic E-state index is 6.15. The number of halogens is 1. The first kappa shape index (κ1) is 9.34. The standard InChI is InChI=1S/C12H13ClN2/c13-10-4-2-1-3-9(10)12-7-11(14-15-12)8-5-6-8/h1-4,8,11-12H,5-7H2. The van der Waals surface area contributed by atoms with Crippen LogP contribution in [-0.2, 0) is 0 Å². The van der Waals surface area contributed by atoms with Crippen molar-refractivity contribution in [3.8, 4) is 0 Å². The van der Waals surface area contributed by atoms with Crippen LogP contribution >= 0.6 is 11.6 Å². The molecule has 0 spiro atoms. The summed E-state index contributed by atoms with van der Waals surface area (Å²) >= 11 is 6.15. The quantitative estimate of drug-likeness (QED) is 0.720. The molecule has 1 aromatic rings. The molecule has 0 N–H and O–H groups in total. The van der Waals surface area contributed by atoms with Gasteiger partial charge in [-0.1, -0.05) is 29.8 Å². The Hall–Kier alpha value is -0.890. The molecule has 3 rings (SSSR count). The molecular formula is C12H13ClN2. The molecule has 1 aliphatic heterocycles. The second-order valence-electron chi connectivity index (χ2n) is 4.41. The molecule has 2 atom stereocenters. The zero-order chi connectivity index (χ0) is 10.3. The van der Waals surface area contributed by atoms with Crippen LogP contribution in [0.2, 0.25) is 5.02 Å². The van der Waals surface area contributed by atoms with Crippen molar-refractivity contribution in [2.45, 2.75) is 31.3 Å². The van der Waals surface area contributed by atoms with Gasteiger partial charge in [0.1, 0.15) is 0 Å². The number of azo groups is 1. The highest BCUT2D eigenvalue weighted by Crippen LogP contribution is 2.43. The minimum Gasteiger partial charge on any atom is -0.190 e. The van der Waals surface area contributed by atoms with Crippen molar-refractivity contribution < 1.29 is 0 Å². The lowest BCUT2D eigenvalue weighted by atomic mass is 9.99. The lowest BCUT2D eigenvalue weighted by Crippen LogP contribution is -2.05. The largest absolute Gasteiger partial charge is 0.190 e. The van der Waals surface area contributed by atoms with E-state index in [1.807, 2.05) is 18.2 Å². The van der Waals surface area contributed by atoms with E-state index in [2.05, 4.69) is 16.3 Å². The molecule has 1 heterocycles. The highest BCUT2D eigenvalue weighted by molar-refractivity contribution is 6.31. The average molecular weight is 221 g/mol. The summed E-state index contributed by atoms with van der Waals surface area (Å²) in [5.74, 6) is 0.807. The van der Waals surface area contributed by atoms with Gasteiger partial charge in [0, 0.05) is 11.4 Å². The van der Waals surface area contributed by atoms with Crippen molar-refractivity contribution in [2.24, 2.45) is 16.1 Å². The highest BCUT2D eigenvalue weighted by atomic mass is 35.5. The van der Waals surface area contributed by atoms with Crippen LogP contribution in [0.5, 0.6) is 0 Å². The minimum atomic E-state index is 0.198. The fourth-order valence-corrected chi connectivity index (χ4v) is 2.45. The number of rotatable bonds is 2. The van der Waals surface area contributed by atoms with Crippen LogP contribution in [0.25, 0.3) is 0 Å². The summed E-state index contributed by atoms with van der Waals surface area (Å²) in [5.41, 5.74) is 1.13. The van der Waals surface area contributed by atoms with Crippen LogP contribution in [0, 0.1) is 5.92 Å². The molecular weight excluding hydrogens is 208 g/mol. The smallest absolute Gasteiger partial charge is 0.0993 e. The van der Waals surface area contributed by atoms with Gasteiger partial charge < -0.3 is 0 Å². The Kier molecular flexibility index (Phi) is 2.24. The predicted molar refractivity (Wildman–Crippen MR) is 60.2 cm³/mol. The summed E-state index contributed by atoms with van der Waals surface area (Å²) in [6, 6.07) is 8.62. The molecule has 0 radical (unpaired) electrons. The third-order valence-corrected chi connectivity index (χ3v) is 3.59. The van der Waals surface area contributed by atoms with Crippen molar-refractivity contribution >= 4 is 11.6 Å². The van der Waals surface area contributed by atoms with E-state index in [1.165, 1.54) is 12.8 Å². The van der Waals surface area contributed by atoms with Crippen molar-refractivity contribution in [1.29, 1.82) is 0 Å². The summed E-state index contributed by atoms with van der Waals surface area (Å²) < 4.78 is 0. The Balaban J connectivity index is 1.79. The number of nitrogens with zero attached hydrogens (tertiary/aromatic N) is 2. The molecule has 0 bridgehead atoms. The highest BCUT2D eigenvalue weighted by Gasteiger charge is 2.36. The van der Waals surface area contributed by atoms with Gasteiger partial charge in [0.05, 0.1) is 12.1 Å². The first-order valence-corrected chi connectivity index (χ1v) is 5.87. The molecule has 78 valence electrons. The lowest BCUT2D eigenvalue weighted by Gasteiger charge is -2.09. The fourth-order valence-electron chi connectivity index (χ4n) is 2.19. The third kappa shape index (κ3) is 1.78. The second kappa shape index (κ2) is 3.60. The Morgan fingerprint density at radius 2 is 1.93 bits per heavy atom. The van der Waals surface area contributed by atoms with E-state index in [-0.39, 0.29) is 6.04 Å². The molecule has 2 aliphatic rings. The predicted octanol–water partition coefficient (Wildman–Crippen LogP) is 4.02. The molecule has 1 fully saturated rings. The van der Waals surface area contributed by atoms with Gasteiger partial charge in [0.15, 0.2) is 0 Å². The second-order valence-corrected chi connectivity index (χ2v) is 4.82. The van der Waals surface area contributed by atoms with Gasteiger partial charge in [0.2, 0.25) is 0 Å². The van der Waals surface area contributed by atoms with E-state index in [0.29, 0.717) is 6.04 Å². The van der Waals surface area contributed by atoms with E-state index in [1.54, 1.807) is 0 Å². The average Bonchev–Trinajstić information content (AvgIpc) is 2.99. The summed E-state index contributed by atoms with van der Waals surface area (Å²) in [6.45, 7) is 0. The zero-order valence-electron chi connectivity index (χ0n) is 8.44. The summed E-state index contributed by atoms with van der Waals surface area (Å²) in [4.78, 5) is 0. The van der Waals surface area contributed by atoms with Crippen LogP contribution in [0.4, 0.5) is 0 Å². The normalized spacial score (nSPS) is 29.7. The molecule has 0 saturated heterocycles. The van der Waals surface area contributed by atoms with Gasteiger partial charge in [-0.15, -0.1) is 0 Å². The van der Waals surface area contributed by atoms with Gasteiger partial charge >= 0.3 is 0 Å². The van der Waals surface area contributed by atoms with E-state index in [9.17, 15) is 0 Å². The van der Waals surface area contributed by atoms with Gasteiger partial charge in [0.25, 0.3) is 0 Å². The Morgan fingerprint density at radius 1 is 1.13 bits per heavy atom. The maximum Gasteiger partial charge on any atom is 0.0993 e. The summed E-state index contributed by atoms with van der Waals surface area (Å²) in [6.07, 6.45) is 3.71. The van der Waals surface area contributed by atoms with Crippen LogP contribution in [0.1, 0.15) is 30.9 Å². The Labute approximate surface area is 94.4 Å². The van der Waals surface area contributed by atoms with Crippen LogP contribution in [0.15, 0.2) is 34.5 Å². The molecule has 2 nitrogen and oxygen atoms in total. The number of benzene rings is 1. The monoisotopic (exact) mass is 220 g/mol. The van der Waals surface area contributed by atoms with Crippen LogP contribution in [0.3, 0.4) is 0 Å². The van der Waals surface area contributed by atoms with Crippen molar-refractivity contribution in [1.82, 2.24) is 0 Å². The molecule has 1 aromatic carbocycles. The lowest BCUT2D eigenvalue weighted by molar-refractivity contribution is 0.570. The van der Waals surface area contributed by atoms with E-state index in [0.717, 1.165) is 22.9 Å². The van der Waals surface area contributed by atoms with E-state index in [4.69, 9.17) is 11.6 Å². The Morgan fingerprint density at radius 3 is 2.67 bits per heavy atom. The number of hydrogen-bond acceptors (Lipinski definition) is 2. The van der Waals surface area contributed by atoms with Crippen LogP contribution < -0.4 is 0 Å². The van der Waals surface area contributed by atoms with Crippen molar-refractivity contribution in [3.05, 3.63) is 34.9 Å². The molecule has 0 aromatic heterocycles. The summed E-state index contributed by atoms with van der Waals surface area (Å²) in [7, 11) is 0. The zero-order valence-corrected chi connectivity index (χ0v) is 9.19. The van der Waals surface area contributed by atoms with Crippen LogP contribution in [-0.4, -0.2) is 6.04 Å². The van der Waals surface area contributed by atoms with Gasteiger partial charge in [-0.05, 0) is 30.4 Å². The molecule has 1 aliphatic carbocycles. The van der Waals surface area contributed by atoms with E-state index < -0.39 is 0 Å². The van der Waals surface area contributed by atoms with Crippen molar-refractivity contribution in [2.75, 3.05) is 0 Å². The Bertz CT molecular complexity index is 398. The van der Waals surface area contributed by atoms with Crippen molar-refractivity contribution in [3.63, 3.8) is 0 Å². The first-order chi connectivity index (χ1) is 7.34. The maximum atomic E-state index is 6.15. The van der Waals surface area contributed by atoms with Gasteiger partial charge in [-0.25, -0.2) is 0 Å².